The number of piperidine rings is 1. The lowest BCUT2D eigenvalue weighted by Crippen LogP contribution is -2.39. The summed E-state index contributed by atoms with van der Waals surface area (Å²) < 4.78 is 0. The number of rotatable bonds is 3. The first-order valence-electron chi connectivity index (χ1n) is 7.06. The molecular formula is C15H17N3O3. The van der Waals surface area contributed by atoms with Crippen LogP contribution in [0.1, 0.15) is 18.5 Å². The first-order chi connectivity index (χ1) is 10.1. The minimum atomic E-state index is -0.764. The lowest BCUT2D eigenvalue weighted by atomic mass is 9.98. The van der Waals surface area contributed by atoms with E-state index in [9.17, 15) is 9.59 Å². The molecule has 0 saturated carbocycles. The molecule has 2 aromatic rings. The number of nitrogens with one attached hydrogen (secondary N) is 1. The van der Waals surface area contributed by atoms with Gasteiger partial charge in [-0.15, -0.1) is 0 Å². The number of hydrogen-bond donors (Lipinski definition) is 2. The molecule has 1 atom stereocenters. The van der Waals surface area contributed by atoms with Gasteiger partial charge in [0.25, 0.3) is 5.56 Å². The number of hydrogen-bond acceptors (Lipinski definition) is 4. The van der Waals surface area contributed by atoms with Crippen LogP contribution in [0.15, 0.2) is 29.1 Å². The summed E-state index contributed by atoms with van der Waals surface area (Å²) >= 11 is 0. The lowest BCUT2D eigenvalue weighted by molar-refractivity contribution is -0.143. The van der Waals surface area contributed by atoms with Gasteiger partial charge in [0, 0.05) is 13.1 Å². The number of aliphatic carboxylic acids is 1. The van der Waals surface area contributed by atoms with E-state index in [4.69, 9.17) is 5.11 Å². The van der Waals surface area contributed by atoms with E-state index in [0.29, 0.717) is 30.7 Å². The van der Waals surface area contributed by atoms with Crippen LogP contribution in [0, 0.1) is 5.92 Å². The molecule has 2 N–H and O–H groups in total. The Hall–Kier alpha value is -2.21. The zero-order valence-electron chi connectivity index (χ0n) is 11.6. The quantitative estimate of drug-likeness (QED) is 0.886. The van der Waals surface area contributed by atoms with Crippen LogP contribution < -0.4 is 5.56 Å². The summed E-state index contributed by atoms with van der Waals surface area (Å²) in [6.07, 6.45) is 1.54. The number of benzene rings is 1. The second-order valence-electron chi connectivity index (χ2n) is 5.44. The van der Waals surface area contributed by atoms with Crippen LogP contribution in [-0.4, -0.2) is 39.0 Å². The number of H-pyrrole nitrogens is 1. The average Bonchev–Trinajstić information content (AvgIpc) is 2.48. The number of carboxylic acids is 1. The minimum Gasteiger partial charge on any atom is -0.481 e. The van der Waals surface area contributed by atoms with E-state index >= 15 is 0 Å². The van der Waals surface area contributed by atoms with Gasteiger partial charge in [-0.25, -0.2) is 4.98 Å². The maximum atomic E-state index is 12.1. The predicted octanol–water partition coefficient (Wildman–Crippen LogP) is 1.22. The Balaban J connectivity index is 1.82. The first kappa shape index (κ1) is 13.8. The Labute approximate surface area is 121 Å². The fourth-order valence-corrected chi connectivity index (χ4v) is 2.79. The second kappa shape index (κ2) is 5.65. The topological polar surface area (TPSA) is 86.3 Å². The van der Waals surface area contributed by atoms with Gasteiger partial charge in [0.15, 0.2) is 0 Å². The van der Waals surface area contributed by atoms with Crippen molar-refractivity contribution in [2.75, 3.05) is 13.1 Å². The highest BCUT2D eigenvalue weighted by Gasteiger charge is 2.26. The third-order valence-corrected chi connectivity index (χ3v) is 3.90. The Kier molecular flexibility index (Phi) is 3.70. The maximum Gasteiger partial charge on any atom is 0.307 e. The van der Waals surface area contributed by atoms with Crippen LogP contribution in [0.2, 0.25) is 0 Å². The Bertz CT molecular complexity index is 725. The molecule has 1 aliphatic heterocycles. The molecule has 3 rings (SSSR count). The SMILES string of the molecule is O=C(O)C1CCCN(Cc2nc3ccccc3[nH]c2=O)C1. The standard InChI is InChI=1S/C15H17N3O3/c19-14-13(16-11-5-1-2-6-12(11)17-14)9-18-7-3-4-10(8-18)15(20)21/h1-2,5-6,10H,3-4,7-9H2,(H,17,19)(H,20,21). The molecule has 0 spiro atoms. The molecule has 110 valence electrons. The summed E-state index contributed by atoms with van der Waals surface area (Å²) in [5.74, 6) is -1.11. The molecule has 1 aromatic carbocycles. The Morgan fingerprint density at radius 2 is 2.24 bits per heavy atom. The van der Waals surface area contributed by atoms with Crippen molar-refractivity contribution in [1.29, 1.82) is 0 Å². The van der Waals surface area contributed by atoms with Gasteiger partial charge in [-0.2, -0.15) is 0 Å². The van der Waals surface area contributed by atoms with Crippen LogP contribution in [0.5, 0.6) is 0 Å². The van der Waals surface area contributed by atoms with E-state index in [1.807, 2.05) is 29.2 Å². The maximum absolute atomic E-state index is 12.1. The second-order valence-corrected chi connectivity index (χ2v) is 5.44. The van der Waals surface area contributed by atoms with Gasteiger partial charge in [0.05, 0.1) is 17.0 Å². The molecule has 0 amide bonds. The summed E-state index contributed by atoms with van der Waals surface area (Å²) in [6, 6.07) is 7.39. The molecule has 21 heavy (non-hydrogen) atoms. The van der Waals surface area contributed by atoms with E-state index in [1.54, 1.807) is 0 Å². The highest BCUT2D eigenvalue weighted by Crippen LogP contribution is 2.18. The number of fused-ring (bicyclic) bond motifs is 1. The number of nitrogens with zero attached hydrogens (tertiary/aromatic N) is 2. The molecule has 1 fully saturated rings. The number of para-hydroxylation sites is 2. The van der Waals surface area contributed by atoms with Gasteiger partial charge in [-0.3, -0.25) is 14.5 Å². The molecule has 0 bridgehead atoms. The fraction of sp³-hybridized carbons (Fsp3) is 0.400. The molecule has 2 heterocycles. The van der Waals surface area contributed by atoms with Crippen LogP contribution in [0.25, 0.3) is 11.0 Å². The smallest absolute Gasteiger partial charge is 0.307 e. The molecular weight excluding hydrogens is 270 g/mol. The van der Waals surface area contributed by atoms with E-state index < -0.39 is 5.97 Å². The van der Waals surface area contributed by atoms with Crippen molar-refractivity contribution < 1.29 is 9.90 Å². The van der Waals surface area contributed by atoms with E-state index in [0.717, 1.165) is 18.5 Å². The van der Waals surface area contributed by atoms with Crippen molar-refractivity contribution >= 4 is 17.0 Å². The Morgan fingerprint density at radius 1 is 1.43 bits per heavy atom. The number of aromatic nitrogens is 2. The summed E-state index contributed by atoms with van der Waals surface area (Å²) in [5.41, 5.74) is 1.71. The van der Waals surface area contributed by atoms with Gasteiger partial charge in [0.1, 0.15) is 5.69 Å². The summed E-state index contributed by atoms with van der Waals surface area (Å²) in [6.45, 7) is 1.67. The predicted molar refractivity (Wildman–Crippen MR) is 78.0 cm³/mol. The molecule has 1 unspecified atom stereocenters. The van der Waals surface area contributed by atoms with Crippen molar-refractivity contribution in [3.05, 3.63) is 40.3 Å². The average molecular weight is 287 g/mol. The van der Waals surface area contributed by atoms with E-state index in [-0.39, 0.29) is 11.5 Å². The third-order valence-electron chi connectivity index (χ3n) is 3.90. The molecule has 1 saturated heterocycles. The Morgan fingerprint density at radius 3 is 3.05 bits per heavy atom. The lowest BCUT2D eigenvalue weighted by Gasteiger charge is -2.30. The van der Waals surface area contributed by atoms with Gasteiger partial charge in [0.2, 0.25) is 0 Å². The van der Waals surface area contributed by atoms with Crippen LogP contribution >= 0.6 is 0 Å². The highest BCUT2D eigenvalue weighted by atomic mass is 16.4. The fourth-order valence-electron chi connectivity index (χ4n) is 2.79. The minimum absolute atomic E-state index is 0.203. The van der Waals surface area contributed by atoms with Crippen LogP contribution in [0.3, 0.4) is 0 Å². The molecule has 6 heteroatoms. The van der Waals surface area contributed by atoms with Crippen molar-refractivity contribution in [3.63, 3.8) is 0 Å². The van der Waals surface area contributed by atoms with Crippen molar-refractivity contribution in [2.45, 2.75) is 19.4 Å². The summed E-state index contributed by atoms with van der Waals surface area (Å²) in [7, 11) is 0. The molecule has 0 radical (unpaired) electrons. The molecule has 1 aliphatic rings. The van der Waals surface area contributed by atoms with Crippen LogP contribution in [-0.2, 0) is 11.3 Å². The zero-order chi connectivity index (χ0) is 14.8. The number of aromatic amines is 1. The number of carbonyl (C=O) groups is 1. The monoisotopic (exact) mass is 287 g/mol. The molecule has 1 aromatic heterocycles. The van der Waals surface area contributed by atoms with Gasteiger partial charge < -0.3 is 10.1 Å². The zero-order valence-corrected chi connectivity index (χ0v) is 11.6. The van der Waals surface area contributed by atoms with Crippen LogP contribution in [0.4, 0.5) is 0 Å². The van der Waals surface area contributed by atoms with Gasteiger partial charge in [-0.05, 0) is 31.5 Å². The van der Waals surface area contributed by atoms with Crippen molar-refractivity contribution in [3.8, 4) is 0 Å². The molecule has 0 aliphatic carbocycles. The number of likely N-dealkylation sites (tertiary alicyclic amines) is 1. The van der Waals surface area contributed by atoms with Gasteiger partial charge in [-0.1, -0.05) is 12.1 Å². The summed E-state index contributed by atoms with van der Waals surface area (Å²) in [4.78, 5) is 32.4. The molecule has 6 nitrogen and oxygen atoms in total. The van der Waals surface area contributed by atoms with Gasteiger partial charge >= 0.3 is 5.97 Å². The largest absolute Gasteiger partial charge is 0.481 e. The van der Waals surface area contributed by atoms with E-state index in [1.165, 1.54) is 0 Å². The third kappa shape index (κ3) is 2.95. The number of carboxylic acid groups (broad SMARTS) is 1. The normalized spacial score (nSPS) is 19.7. The highest BCUT2D eigenvalue weighted by molar-refractivity contribution is 5.73. The van der Waals surface area contributed by atoms with E-state index in [2.05, 4.69) is 9.97 Å². The summed E-state index contributed by atoms with van der Waals surface area (Å²) in [5, 5.41) is 9.11. The first-order valence-corrected chi connectivity index (χ1v) is 7.06. The van der Waals surface area contributed by atoms with Crippen molar-refractivity contribution in [1.82, 2.24) is 14.9 Å². The van der Waals surface area contributed by atoms with Crippen molar-refractivity contribution in [2.24, 2.45) is 5.92 Å².